The minimum atomic E-state index is -4.03. The Bertz CT molecular complexity index is 1160. The molecule has 0 amide bonds. The fourth-order valence-electron chi connectivity index (χ4n) is 3.08. The van der Waals surface area contributed by atoms with Crippen molar-refractivity contribution in [3.05, 3.63) is 96.1 Å². The molecule has 0 saturated heterocycles. The van der Waals surface area contributed by atoms with Crippen LogP contribution in [-0.2, 0) is 32.8 Å². The van der Waals surface area contributed by atoms with Gasteiger partial charge in [-0.05, 0) is 29.7 Å². The van der Waals surface area contributed by atoms with Crippen molar-refractivity contribution in [1.29, 1.82) is 0 Å². The molecule has 0 radical (unpaired) electrons. The van der Waals surface area contributed by atoms with Gasteiger partial charge in [-0.3, -0.25) is 0 Å². The van der Waals surface area contributed by atoms with E-state index in [-0.39, 0.29) is 22.9 Å². The van der Waals surface area contributed by atoms with Crippen molar-refractivity contribution in [3.8, 4) is 0 Å². The lowest BCUT2D eigenvalue weighted by atomic mass is 10.1. The van der Waals surface area contributed by atoms with E-state index in [1.807, 2.05) is 60.7 Å². The number of hydrogen-bond donors (Lipinski definition) is 0. The molecule has 0 bridgehead atoms. The van der Waals surface area contributed by atoms with Gasteiger partial charge in [0.2, 0.25) is 10.0 Å². The standard InChI is InChI=1S/C22H23NO4S2/c1-28(24,25)21-14-8-9-15-22(21)29(26,27)23(18-20-12-6-3-7-13-20)17-16-19-10-4-2-5-11-19/h2-15H,16-18H2,1H3. The summed E-state index contributed by atoms with van der Waals surface area (Å²) < 4.78 is 52.7. The highest BCUT2D eigenvalue weighted by Gasteiger charge is 2.29. The van der Waals surface area contributed by atoms with Gasteiger partial charge in [0, 0.05) is 19.3 Å². The van der Waals surface area contributed by atoms with Gasteiger partial charge >= 0.3 is 0 Å². The highest BCUT2D eigenvalue weighted by atomic mass is 32.2. The van der Waals surface area contributed by atoms with Crippen LogP contribution >= 0.6 is 0 Å². The van der Waals surface area contributed by atoms with E-state index in [0.717, 1.165) is 17.4 Å². The molecule has 152 valence electrons. The van der Waals surface area contributed by atoms with Crippen molar-refractivity contribution in [2.75, 3.05) is 12.8 Å². The number of rotatable bonds is 8. The van der Waals surface area contributed by atoms with Gasteiger partial charge in [0.25, 0.3) is 0 Å². The van der Waals surface area contributed by atoms with E-state index >= 15 is 0 Å². The SMILES string of the molecule is CS(=O)(=O)c1ccccc1S(=O)(=O)N(CCc1ccccc1)Cc1ccccc1. The molecule has 7 heteroatoms. The second-order valence-corrected chi connectivity index (χ2v) is 10.7. The lowest BCUT2D eigenvalue weighted by Gasteiger charge is -2.23. The largest absolute Gasteiger partial charge is 0.244 e. The highest BCUT2D eigenvalue weighted by Crippen LogP contribution is 2.25. The molecule has 0 aliphatic heterocycles. The highest BCUT2D eigenvalue weighted by molar-refractivity contribution is 7.93. The van der Waals surface area contributed by atoms with Crippen LogP contribution in [-0.4, -0.2) is 33.9 Å². The molecule has 0 fully saturated rings. The first-order valence-corrected chi connectivity index (χ1v) is 12.5. The Kier molecular flexibility index (Phi) is 6.52. The minimum Gasteiger partial charge on any atom is -0.224 e. The van der Waals surface area contributed by atoms with Gasteiger partial charge in [0.05, 0.1) is 4.90 Å². The van der Waals surface area contributed by atoms with E-state index < -0.39 is 19.9 Å². The smallest absolute Gasteiger partial charge is 0.224 e. The average Bonchev–Trinajstić information content (AvgIpc) is 2.72. The monoisotopic (exact) mass is 429 g/mol. The maximum atomic E-state index is 13.5. The molecule has 3 aromatic rings. The normalized spacial score (nSPS) is 12.2. The molecule has 0 aliphatic rings. The van der Waals surface area contributed by atoms with E-state index in [2.05, 4.69) is 0 Å². The van der Waals surface area contributed by atoms with Crippen molar-refractivity contribution in [1.82, 2.24) is 4.31 Å². The fraction of sp³-hybridized carbons (Fsp3) is 0.182. The quantitative estimate of drug-likeness (QED) is 0.549. The second kappa shape index (κ2) is 8.90. The van der Waals surface area contributed by atoms with Crippen LogP contribution in [0.25, 0.3) is 0 Å². The first kappa shape index (κ1) is 21.2. The van der Waals surface area contributed by atoms with Gasteiger partial charge in [-0.2, -0.15) is 4.31 Å². The molecule has 0 aromatic heterocycles. The Morgan fingerprint density at radius 2 is 1.14 bits per heavy atom. The van der Waals surface area contributed by atoms with Crippen LogP contribution in [0.5, 0.6) is 0 Å². The molecular weight excluding hydrogens is 406 g/mol. The minimum absolute atomic E-state index is 0.161. The molecule has 0 N–H and O–H groups in total. The topological polar surface area (TPSA) is 71.5 Å². The second-order valence-electron chi connectivity index (χ2n) is 6.78. The summed E-state index contributed by atoms with van der Waals surface area (Å²) >= 11 is 0. The summed E-state index contributed by atoms with van der Waals surface area (Å²) in [6.07, 6.45) is 1.54. The molecule has 0 spiro atoms. The third-order valence-corrected chi connectivity index (χ3v) is 7.75. The summed E-state index contributed by atoms with van der Waals surface area (Å²) in [7, 11) is -7.72. The third kappa shape index (κ3) is 5.32. The molecule has 3 rings (SSSR count). The van der Waals surface area contributed by atoms with E-state index in [4.69, 9.17) is 0 Å². The lowest BCUT2D eigenvalue weighted by molar-refractivity contribution is 0.408. The van der Waals surface area contributed by atoms with Crippen molar-refractivity contribution in [2.24, 2.45) is 0 Å². The Morgan fingerprint density at radius 1 is 0.655 bits per heavy atom. The predicted molar refractivity (Wildman–Crippen MR) is 114 cm³/mol. The van der Waals surface area contributed by atoms with Crippen molar-refractivity contribution in [3.63, 3.8) is 0 Å². The van der Waals surface area contributed by atoms with Crippen molar-refractivity contribution < 1.29 is 16.8 Å². The Hall–Kier alpha value is -2.48. The van der Waals surface area contributed by atoms with Crippen LogP contribution in [0.2, 0.25) is 0 Å². The van der Waals surface area contributed by atoms with E-state index in [1.165, 1.54) is 22.5 Å². The molecular formula is C22H23NO4S2. The summed E-state index contributed by atoms with van der Waals surface area (Å²) in [6, 6.07) is 24.6. The van der Waals surface area contributed by atoms with Crippen LogP contribution in [0.3, 0.4) is 0 Å². The van der Waals surface area contributed by atoms with Gasteiger partial charge in [-0.1, -0.05) is 72.8 Å². The third-order valence-electron chi connectivity index (χ3n) is 4.56. The summed E-state index contributed by atoms with van der Waals surface area (Å²) in [5.41, 5.74) is 1.85. The van der Waals surface area contributed by atoms with Crippen LogP contribution in [0.4, 0.5) is 0 Å². The Labute approximate surface area is 172 Å². The fourth-order valence-corrected chi connectivity index (χ4v) is 6.11. The van der Waals surface area contributed by atoms with Crippen LogP contribution in [0, 0.1) is 0 Å². The van der Waals surface area contributed by atoms with E-state index in [9.17, 15) is 16.8 Å². The number of nitrogens with zero attached hydrogens (tertiary/aromatic N) is 1. The van der Waals surface area contributed by atoms with Gasteiger partial charge in [0.1, 0.15) is 4.90 Å². The summed E-state index contributed by atoms with van der Waals surface area (Å²) in [6.45, 7) is 0.396. The van der Waals surface area contributed by atoms with Crippen molar-refractivity contribution >= 4 is 19.9 Å². The Balaban J connectivity index is 2.00. The van der Waals surface area contributed by atoms with Crippen LogP contribution < -0.4 is 0 Å². The maximum Gasteiger partial charge on any atom is 0.244 e. The molecule has 3 aromatic carbocycles. The van der Waals surface area contributed by atoms with Crippen molar-refractivity contribution in [2.45, 2.75) is 22.8 Å². The molecule has 29 heavy (non-hydrogen) atoms. The lowest BCUT2D eigenvalue weighted by Crippen LogP contribution is -2.33. The van der Waals surface area contributed by atoms with E-state index in [1.54, 1.807) is 6.07 Å². The number of sulfone groups is 1. The van der Waals surface area contributed by atoms with Crippen LogP contribution in [0.1, 0.15) is 11.1 Å². The number of benzene rings is 3. The summed E-state index contributed by atoms with van der Waals surface area (Å²) in [5, 5.41) is 0. The Morgan fingerprint density at radius 3 is 1.69 bits per heavy atom. The predicted octanol–water partition coefficient (Wildman–Crippen LogP) is 3.52. The first-order valence-electron chi connectivity index (χ1n) is 9.15. The van der Waals surface area contributed by atoms with Crippen LogP contribution in [0.15, 0.2) is 94.7 Å². The van der Waals surface area contributed by atoms with Gasteiger partial charge < -0.3 is 0 Å². The number of sulfonamides is 1. The molecule has 0 unspecified atom stereocenters. The maximum absolute atomic E-state index is 13.5. The molecule has 0 atom stereocenters. The zero-order valence-electron chi connectivity index (χ0n) is 16.1. The molecule has 5 nitrogen and oxygen atoms in total. The van der Waals surface area contributed by atoms with Gasteiger partial charge in [-0.15, -0.1) is 0 Å². The zero-order valence-corrected chi connectivity index (χ0v) is 17.7. The molecule has 0 aliphatic carbocycles. The molecule has 0 saturated carbocycles. The average molecular weight is 430 g/mol. The van der Waals surface area contributed by atoms with E-state index in [0.29, 0.717) is 6.42 Å². The van der Waals surface area contributed by atoms with Gasteiger partial charge in [0.15, 0.2) is 9.84 Å². The summed E-state index contributed by atoms with van der Waals surface area (Å²) in [4.78, 5) is -0.371. The van der Waals surface area contributed by atoms with Gasteiger partial charge in [-0.25, -0.2) is 16.8 Å². The summed E-state index contributed by atoms with van der Waals surface area (Å²) in [5.74, 6) is 0. The number of hydrogen-bond acceptors (Lipinski definition) is 4. The first-order chi connectivity index (χ1) is 13.8. The zero-order chi connectivity index (χ0) is 20.9. The molecule has 0 heterocycles.